The number of hydrogen-bond donors (Lipinski definition) is 2. The van der Waals surface area contributed by atoms with Crippen molar-refractivity contribution in [1.29, 1.82) is 0 Å². The molecule has 0 amide bonds. The third-order valence-corrected chi connectivity index (χ3v) is 2.79. The Morgan fingerprint density at radius 1 is 1.26 bits per heavy atom. The summed E-state index contributed by atoms with van der Waals surface area (Å²) in [6, 6.07) is 11.2. The topological polar surface area (TPSA) is 71.0 Å². The number of rotatable bonds is 3. The number of pyridine rings is 1. The Labute approximate surface area is 109 Å². The number of aliphatic hydroxyl groups excluding tert-OH is 1. The van der Waals surface area contributed by atoms with Crippen LogP contribution in [-0.2, 0) is 6.61 Å². The first kappa shape index (κ1) is 11.7. The van der Waals surface area contributed by atoms with Crippen molar-refractivity contribution >= 4 is 10.9 Å². The molecule has 2 heterocycles. The fraction of sp³-hybridized carbons (Fsp3) is 0.143. The summed E-state index contributed by atoms with van der Waals surface area (Å²) in [4.78, 5) is 4.34. The molecule has 96 valence electrons. The molecule has 0 bridgehead atoms. The smallest absolute Gasteiger partial charge is 0.238 e. The Morgan fingerprint density at radius 2 is 2.11 bits per heavy atom. The number of aliphatic hydroxyl groups is 1. The molecule has 5 heteroatoms. The molecular formula is C14H13N3O2. The van der Waals surface area contributed by atoms with Crippen molar-refractivity contribution < 1.29 is 9.84 Å². The maximum Gasteiger partial charge on any atom is 0.238 e. The number of fused-ring (bicyclic) bond motifs is 1. The molecule has 5 nitrogen and oxygen atoms in total. The van der Waals surface area contributed by atoms with Gasteiger partial charge >= 0.3 is 0 Å². The number of hydrogen-bond acceptors (Lipinski definition) is 4. The number of benzene rings is 1. The fourth-order valence-electron chi connectivity index (χ4n) is 1.92. The monoisotopic (exact) mass is 255 g/mol. The number of nitrogens with zero attached hydrogens (tertiary/aromatic N) is 2. The van der Waals surface area contributed by atoms with E-state index < -0.39 is 0 Å². The minimum Gasteiger partial charge on any atom is -0.437 e. The minimum atomic E-state index is -0.124. The average molecular weight is 255 g/mol. The zero-order valence-electron chi connectivity index (χ0n) is 10.4. The molecule has 0 saturated heterocycles. The maximum atomic E-state index is 9.25. The van der Waals surface area contributed by atoms with E-state index in [9.17, 15) is 5.11 Å². The fourth-order valence-corrected chi connectivity index (χ4v) is 1.92. The summed E-state index contributed by atoms with van der Waals surface area (Å²) >= 11 is 0. The lowest BCUT2D eigenvalue weighted by Gasteiger charge is -2.08. The van der Waals surface area contributed by atoms with E-state index in [0.29, 0.717) is 17.3 Å². The average Bonchev–Trinajstić information content (AvgIpc) is 2.84. The highest BCUT2D eigenvalue weighted by Gasteiger charge is 2.08. The number of ether oxygens (including phenoxy) is 1. The van der Waals surface area contributed by atoms with Gasteiger partial charge < -0.3 is 9.84 Å². The Morgan fingerprint density at radius 3 is 2.84 bits per heavy atom. The number of para-hydroxylation sites is 1. The SMILES string of the molecule is Cc1cc(Oc2cc(CO)nc3ccccc23)n[nH]1. The predicted molar refractivity (Wildman–Crippen MR) is 71.1 cm³/mol. The van der Waals surface area contributed by atoms with Crippen LogP contribution in [0.4, 0.5) is 0 Å². The first-order chi connectivity index (χ1) is 9.26. The van der Waals surface area contributed by atoms with Gasteiger partial charge in [-0.25, -0.2) is 0 Å². The molecule has 0 aliphatic heterocycles. The molecule has 0 unspecified atom stereocenters. The van der Waals surface area contributed by atoms with Gasteiger partial charge in [0.25, 0.3) is 0 Å². The van der Waals surface area contributed by atoms with E-state index in [1.54, 1.807) is 6.07 Å². The zero-order chi connectivity index (χ0) is 13.2. The Bertz CT molecular complexity index is 722. The summed E-state index contributed by atoms with van der Waals surface area (Å²) < 4.78 is 5.76. The van der Waals surface area contributed by atoms with Crippen LogP contribution in [0.15, 0.2) is 36.4 Å². The summed E-state index contributed by atoms with van der Waals surface area (Å²) in [6.45, 7) is 1.78. The Kier molecular flexibility index (Phi) is 2.89. The third-order valence-electron chi connectivity index (χ3n) is 2.79. The third kappa shape index (κ3) is 2.28. The molecule has 3 rings (SSSR count). The van der Waals surface area contributed by atoms with Crippen LogP contribution in [0.1, 0.15) is 11.4 Å². The standard InChI is InChI=1S/C14H13N3O2/c1-9-6-14(17-16-9)19-13-7-10(8-18)15-12-5-3-2-4-11(12)13/h2-7,18H,8H2,1H3,(H,16,17). The summed E-state index contributed by atoms with van der Waals surface area (Å²) in [6.07, 6.45) is 0. The molecule has 0 aliphatic carbocycles. The molecule has 0 spiro atoms. The second-order valence-electron chi connectivity index (χ2n) is 4.28. The molecule has 0 aliphatic rings. The largest absolute Gasteiger partial charge is 0.437 e. The molecule has 2 aromatic heterocycles. The van der Waals surface area contributed by atoms with Crippen molar-refractivity contribution in [2.24, 2.45) is 0 Å². The molecule has 0 atom stereocenters. The number of nitrogens with one attached hydrogen (secondary N) is 1. The Balaban J connectivity index is 2.10. The number of aromatic nitrogens is 3. The van der Waals surface area contributed by atoms with Gasteiger partial charge in [-0.2, -0.15) is 0 Å². The van der Waals surface area contributed by atoms with Crippen molar-refractivity contribution in [3.8, 4) is 11.6 Å². The molecule has 0 fully saturated rings. The molecule has 0 radical (unpaired) electrons. The van der Waals surface area contributed by atoms with E-state index in [2.05, 4.69) is 15.2 Å². The van der Waals surface area contributed by atoms with Crippen LogP contribution in [0.2, 0.25) is 0 Å². The molecule has 2 N–H and O–H groups in total. The van der Waals surface area contributed by atoms with Gasteiger partial charge in [-0.1, -0.05) is 12.1 Å². The van der Waals surface area contributed by atoms with Crippen molar-refractivity contribution in [3.05, 3.63) is 47.8 Å². The lowest BCUT2D eigenvalue weighted by atomic mass is 10.2. The van der Waals surface area contributed by atoms with Gasteiger partial charge in [-0.3, -0.25) is 10.1 Å². The highest BCUT2D eigenvalue weighted by atomic mass is 16.5. The van der Waals surface area contributed by atoms with E-state index >= 15 is 0 Å². The van der Waals surface area contributed by atoms with E-state index in [-0.39, 0.29) is 6.61 Å². The van der Waals surface area contributed by atoms with Crippen molar-refractivity contribution in [3.63, 3.8) is 0 Å². The van der Waals surface area contributed by atoms with Gasteiger partial charge in [-0.15, -0.1) is 5.10 Å². The summed E-state index contributed by atoms with van der Waals surface area (Å²) in [5.41, 5.74) is 2.29. The molecule has 19 heavy (non-hydrogen) atoms. The van der Waals surface area contributed by atoms with Gasteiger partial charge in [0.15, 0.2) is 0 Å². The van der Waals surface area contributed by atoms with E-state index in [1.807, 2.05) is 37.3 Å². The second-order valence-corrected chi connectivity index (χ2v) is 4.28. The number of aryl methyl sites for hydroxylation is 1. The summed E-state index contributed by atoms with van der Waals surface area (Å²) in [5, 5.41) is 17.0. The summed E-state index contributed by atoms with van der Waals surface area (Å²) in [5.74, 6) is 1.14. The summed E-state index contributed by atoms with van der Waals surface area (Å²) in [7, 11) is 0. The highest BCUT2D eigenvalue weighted by Crippen LogP contribution is 2.29. The lowest BCUT2D eigenvalue weighted by molar-refractivity contribution is 0.276. The number of H-pyrrole nitrogens is 1. The van der Waals surface area contributed by atoms with Crippen LogP contribution in [0.5, 0.6) is 11.6 Å². The zero-order valence-corrected chi connectivity index (χ0v) is 10.4. The van der Waals surface area contributed by atoms with Gasteiger partial charge in [0.05, 0.1) is 17.8 Å². The van der Waals surface area contributed by atoms with Crippen LogP contribution in [0.25, 0.3) is 10.9 Å². The van der Waals surface area contributed by atoms with Crippen LogP contribution in [0, 0.1) is 6.92 Å². The Hall–Kier alpha value is -2.40. The highest BCUT2D eigenvalue weighted by molar-refractivity contribution is 5.85. The van der Waals surface area contributed by atoms with Gasteiger partial charge in [-0.05, 0) is 19.1 Å². The van der Waals surface area contributed by atoms with Crippen LogP contribution in [-0.4, -0.2) is 20.3 Å². The first-order valence-corrected chi connectivity index (χ1v) is 5.95. The van der Waals surface area contributed by atoms with Crippen LogP contribution in [0.3, 0.4) is 0 Å². The molecule has 0 saturated carbocycles. The molecular weight excluding hydrogens is 242 g/mol. The maximum absolute atomic E-state index is 9.25. The second kappa shape index (κ2) is 4.70. The van der Waals surface area contributed by atoms with Gasteiger partial charge in [0.1, 0.15) is 5.75 Å². The molecule has 1 aromatic carbocycles. The van der Waals surface area contributed by atoms with E-state index in [4.69, 9.17) is 4.74 Å². The number of aromatic amines is 1. The quantitative estimate of drug-likeness (QED) is 0.754. The van der Waals surface area contributed by atoms with Gasteiger partial charge in [0, 0.05) is 23.2 Å². The normalized spacial score (nSPS) is 10.8. The van der Waals surface area contributed by atoms with Crippen molar-refractivity contribution in [2.45, 2.75) is 13.5 Å². The van der Waals surface area contributed by atoms with Crippen LogP contribution < -0.4 is 4.74 Å². The lowest BCUT2D eigenvalue weighted by Crippen LogP contribution is -1.94. The van der Waals surface area contributed by atoms with Crippen LogP contribution >= 0.6 is 0 Å². The predicted octanol–water partition coefficient (Wildman–Crippen LogP) is 2.55. The van der Waals surface area contributed by atoms with E-state index in [0.717, 1.165) is 16.6 Å². The van der Waals surface area contributed by atoms with E-state index in [1.165, 1.54) is 0 Å². The minimum absolute atomic E-state index is 0.124. The first-order valence-electron chi connectivity index (χ1n) is 5.95. The van der Waals surface area contributed by atoms with Crippen molar-refractivity contribution in [2.75, 3.05) is 0 Å². The molecule has 3 aromatic rings. The van der Waals surface area contributed by atoms with Crippen molar-refractivity contribution in [1.82, 2.24) is 15.2 Å². The van der Waals surface area contributed by atoms with Gasteiger partial charge in [0.2, 0.25) is 5.88 Å².